The monoisotopic (exact) mass is 519 g/mol. The Morgan fingerprint density at radius 3 is 2.72 bits per heavy atom. The first-order chi connectivity index (χ1) is 17.7. The van der Waals surface area contributed by atoms with Gasteiger partial charge in [0.2, 0.25) is 0 Å². The lowest BCUT2D eigenvalue weighted by molar-refractivity contribution is -0.0505. The van der Waals surface area contributed by atoms with E-state index in [1.165, 1.54) is 0 Å². The number of alkyl halides is 2. The average Bonchev–Trinajstić information content (AvgIpc) is 3.40. The van der Waals surface area contributed by atoms with Crippen molar-refractivity contribution >= 4 is 22.6 Å². The minimum atomic E-state index is -3.12. The quantitative estimate of drug-likeness (QED) is 0.295. The highest BCUT2D eigenvalue weighted by Gasteiger charge is 2.26. The molecule has 0 spiro atoms. The summed E-state index contributed by atoms with van der Waals surface area (Å²) in [6.07, 6.45) is 6.39. The molecule has 2 N–H and O–H groups in total. The van der Waals surface area contributed by atoms with Crippen LogP contribution >= 0.6 is 11.6 Å². The molecule has 0 saturated heterocycles. The predicted molar refractivity (Wildman–Crippen MR) is 131 cm³/mol. The Morgan fingerprint density at radius 1 is 1.25 bits per heavy atom. The van der Waals surface area contributed by atoms with Crippen LogP contribution in [0.2, 0.25) is 5.02 Å². The normalized spacial score (nSPS) is 19.6. The molecule has 1 saturated carbocycles. The number of fused-ring (bicyclic) bond motifs is 1. The Labute approximate surface area is 212 Å². The molecule has 0 unspecified atom stereocenters. The van der Waals surface area contributed by atoms with Gasteiger partial charge in [-0.05, 0) is 56.4 Å². The summed E-state index contributed by atoms with van der Waals surface area (Å²) in [6, 6.07) is 4.16. The zero-order valence-electron chi connectivity index (χ0n) is 20.7. The molecule has 190 valence electrons. The Morgan fingerprint density at radius 2 is 2.00 bits per heavy atom. The highest BCUT2D eigenvalue weighted by molar-refractivity contribution is 6.31. The third-order valence-electron chi connectivity index (χ3n) is 7.04. The van der Waals surface area contributed by atoms with Gasteiger partial charge >= 0.3 is 6.61 Å². The number of ether oxygens (including phenoxy) is 1. The topological polar surface area (TPSA) is 76.0 Å². The van der Waals surface area contributed by atoms with Crippen molar-refractivity contribution in [1.82, 2.24) is 19.7 Å². The van der Waals surface area contributed by atoms with Crippen LogP contribution in [0, 0.1) is 12.7 Å². The molecule has 0 amide bonds. The van der Waals surface area contributed by atoms with E-state index in [-0.39, 0.29) is 34.7 Å². The van der Waals surface area contributed by atoms with Crippen LogP contribution in [0.4, 0.5) is 13.2 Å². The van der Waals surface area contributed by atoms with Crippen LogP contribution in [0.15, 0.2) is 36.8 Å². The number of aromatic amines is 1. The van der Waals surface area contributed by atoms with Crippen LogP contribution in [-0.4, -0.2) is 37.6 Å². The van der Waals surface area contributed by atoms with Crippen molar-refractivity contribution in [1.29, 1.82) is 0 Å². The lowest BCUT2D eigenvalue weighted by Gasteiger charge is -2.26. The van der Waals surface area contributed by atoms with Gasteiger partial charge in [0.15, 0.2) is 0 Å². The molecule has 1 aliphatic carbocycles. The second kappa shape index (κ2) is 9.78. The van der Waals surface area contributed by atoms with Crippen molar-refractivity contribution in [3.05, 3.63) is 64.4 Å². The maximum absolute atomic E-state index is 14.4. The molecule has 5 rings (SSSR count). The van der Waals surface area contributed by atoms with Gasteiger partial charge in [-0.3, -0.25) is 4.68 Å². The summed E-state index contributed by atoms with van der Waals surface area (Å²) in [4.78, 5) is 7.41. The van der Waals surface area contributed by atoms with Crippen molar-refractivity contribution in [2.24, 2.45) is 0 Å². The Bertz CT molecular complexity index is 1450. The molecule has 10 heteroatoms. The van der Waals surface area contributed by atoms with E-state index < -0.39 is 18.3 Å². The molecule has 6 nitrogen and oxygen atoms in total. The van der Waals surface area contributed by atoms with Gasteiger partial charge in [-0.1, -0.05) is 18.5 Å². The second-order valence-electron chi connectivity index (χ2n) is 9.21. The van der Waals surface area contributed by atoms with Gasteiger partial charge in [0.25, 0.3) is 0 Å². The Kier molecular flexibility index (Phi) is 6.35. The van der Waals surface area contributed by atoms with Crippen molar-refractivity contribution in [3.63, 3.8) is 0 Å². The smallest absolute Gasteiger partial charge is 0.387 e. The number of nitrogens with zero attached hydrogens (tertiary/aromatic N) is 3. The molecular formula is C26H26ClF3N4O2. The molecule has 1 aliphatic rings. The minimum Gasteiger partial charge on any atom is -0.434 e. The van der Waals surface area contributed by atoms with E-state index in [2.05, 4.69) is 19.8 Å². The fourth-order valence-corrected chi connectivity index (χ4v) is 5.45. The molecule has 3 heterocycles. The number of H-pyrrole nitrogens is 1. The third-order valence-corrected chi connectivity index (χ3v) is 7.42. The fraction of sp³-hybridized carbons (Fsp3) is 0.385. The highest BCUT2D eigenvalue weighted by atomic mass is 35.5. The predicted octanol–water partition coefficient (Wildman–Crippen LogP) is 6.76. The van der Waals surface area contributed by atoms with E-state index in [0.717, 1.165) is 54.6 Å². The summed E-state index contributed by atoms with van der Waals surface area (Å²) < 4.78 is 55.6. The number of aliphatic hydroxyl groups excluding tert-OH is 1. The van der Waals surface area contributed by atoms with Crippen molar-refractivity contribution < 1.29 is 24.4 Å². The van der Waals surface area contributed by atoms with Gasteiger partial charge in [-0.2, -0.15) is 13.9 Å². The van der Waals surface area contributed by atoms with Crippen molar-refractivity contribution in [3.8, 4) is 16.9 Å². The molecular weight excluding hydrogens is 493 g/mol. The zero-order valence-corrected chi connectivity index (χ0v) is 20.5. The van der Waals surface area contributed by atoms with Crippen LogP contribution < -0.4 is 4.74 Å². The number of nitrogens with one attached hydrogen (secondary N) is 1. The molecule has 1 fully saturated rings. The third kappa shape index (κ3) is 4.46. The zero-order chi connectivity index (χ0) is 26.4. The first-order valence-electron chi connectivity index (χ1n) is 12.3. The number of rotatable bonds is 6. The van der Waals surface area contributed by atoms with E-state index in [4.69, 9.17) is 13.0 Å². The number of benzene rings is 1. The number of pyridine rings is 1. The molecule has 0 aliphatic heterocycles. The molecule has 36 heavy (non-hydrogen) atoms. The first-order valence-corrected chi connectivity index (χ1v) is 12.2. The van der Waals surface area contributed by atoms with Gasteiger partial charge in [0.05, 0.1) is 24.7 Å². The van der Waals surface area contributed by atoms with Gasteiger partial charge in [-0.15, -0.1) is 0 Å². The van der Waals surface area contributed by atoms with Gasteiger partial charge in [0.1, 0.15) is 17.2 Å². The maximum atomic E-state index is 14.4. The van der Waals surface area contributed by atoms with Gasteiger partial charge in [-0.25, -0.2) is 9.37 Å². The number of halogens is 4. The maximum Gasteiger partial charge on any atom is 0.387 e. The van der Waals surface area contributed by atoms with Crippen LogP contribution in [-0.2, 0) is 0 Å². The van der Waals surface area contributed by atoms with Crippen LogP contribution in [0.5, 0.6) is 5.75 Å². The van der Waals surface area contributed by atoms with Crippen molar-refractivity contribution in [2.75, 3.05) is 0 Å². The average molecular weight is 520 g/mol. The highest BCUT2D eigenvalue weighted by Crippen LogP contribution is 2.42. The molecule has 0 bridgehead atoms. The SMILES string of the molecule is [2H]c1[nH]c2ncc(-c3cnn([C@H]4CC[C@H](O)CC4)c3C)cc2c1[C@@H](C)c1c(OC(F)F)ccc(F)c1Cl. The van der Waals surface area contributed by atoms with Crippen LogP contribution in [0.25, 0.3) is 22.2 Å². The van der Waals surface area contributed by atoms with Gasteiger partial charge in [0, 0.05) is 46.1 Å². The van der Waals surface area contributed by atoms with Crippen LogP contribution in [0.3, 0.4) is 0 Å². The number of hydrogen-bond acceptors (Lipinski definition) is 4. The largest absolute Gasteiger partial charge is 0.434 e. The second-order valence-corrected chi connectivity index (χ2v) is 9.59. The Balaban J connectivity index is 1.57. The van der Waals surface area contributed by atoms with E-state index in [9.17, 15) is 18.3 Å². The van der Waals surface area contributed by atoms with Gasteiger partial charge < -0.3 is 14.8 Å². The fourth-order valence-electron chi connectivity index (χ4n) is 5.13. The molecule has 4 aromatic rings. The summed E-state index contributed by atoms with van der Waals surface area (Å²) >= 11 is 6.22. The number of aromatic nitrogens is 4. The molecule has 3 aromatic heterocycles. The standard InChI is InChI=1S/C26H26ClF3N4O2/c1-13(23-22(36-26(29)30)8-7-21(28)24(23)27)19-11-32-25-18(19)9-15(10-31-25)20-12-33-34(14(20)2)16-3-5-17(35)6-4-16/h7-13,16-17,26,35H,3-6H2,1-2H3,(H,31,32)/t13-,16-,17-/m1/s1/i11D. The lowest BCUT2D eigenvalue weighted by Crippen LogP contribution is -2.22. The summed E-state index contributed by atoms with van der Waals surface area (Å²) in [5, 5.41) is 14.7. The molecule has 0 radical (unpaired) electrons. The lowest BCUT2D eigenvalue weighted by atomic mass is 9.91. The molecule has 1 aromatic carbocycles. The van der Waals surface area contributed by atoms with Crippen molar-refractivity contribution in [2.45, 2.75) is 64.2 Å². The van der Waals surface area contributed by atoms with E-state index in [1.54, 1.807) is 19.3 Å². The summed E-state index contributed by atoms with van der Waals surface area (Å²) in [7, 11) is 0. The summed E-state index contributed by atoms with van der Waals surface area (Å²) in [5.74, 6) is -1.78. The Hall–Kier alpha value is -3.04. The number of hydrogen-bond donors (Lipinski definition) is 2. The summed E-state index contributed by atoms with van der Waals surface area (Å²) in [5.41, 5.74) is 3.50. The van der Waals surface area contributed by atoms with E-state index in [1.807, 2.05) is 17.7 Å². The molecule has 1 atom stereocenters. The van der Waals surface area contributed by atoms with E-state index in [0.29, 0.717) is 16.6 Å². The number of aliphatic hydroxyl groups is 1. The van der Waals surface area contributed by atoms with Crippen LogP contribution in [0.1, 0.15) is 62.8 Å². The first kappa shape index (κ1) is 23.4. The minimum absolute atomic E-state index is 0.0173. The van der Waals surface area contributed by atoms with E-state index >= 15 is 0 Å². The summed E-state index contributed by atoms with van der Waals surface area (Å²) in [6.45, 7) is 0.521.